The molecule has 7 aliphatic rings. The fraction of sp³-hybridized carbons (Fsp3) is 0.886. The van der Waals surface area contributed by atoms with Crippen LogP contribution >= 0.6 is 0 Å². The highest BCUT2D eigenvalue weighted by Crippen LogP contribution is 2.91. The molecule has 8 nitrogen and oxygen atoms in total. The number of hydrogen-bond donors (Lipinski definition) is 0. The van der Waals surface area contributed by atoms with Gasteiger partial charge in [-0.2, -0.15) is 0 Å². The summed E-state index contributed by atoms with van der Waals surface area (Å²) in [4.78, 5) is 50.2. The highest BCUT2D eigenvalue weighted by atomic mass is 16.6. The lowest BCUT2D eigenvalue weighted by atomic mass is 9.35. The monoisotopic (exact) mass is 598 g/mol. The van der Waals surface area contributed by atoms with Gasteiger partial charge in [0.2, 0.25) is 0 Å². The zero-order chi connectivity index (χ0) is 31.2. The van der Waals surface area contributed by atoms with Crippen molar-refractivity contribution in [2.45, 2.75) is 149 Å². The minimum absolute atomic E-state index is 0.0114. The van der Waals surface area contributed by atoms with Gasteiger partial charge in [-0.1, -0.05) is 20.8 Å². The van der Waals surface area contributed by atoms with Crippen LogP contribution in [0.3, 0.4) is 0 Å². The number of Topliss-reactive ketones (excluding diaryl/α,β-unsaturated/α-hetero) is 1. The minimum Gasteiger partial charge on any atom is -0.462 e. The summed E-state index contributed by atoms with van der Waals surface area (Å²) in [7, 11) is 0. The van der Waals surface area contributed by atoms with Crippen LogP contribution in [0.5, 0.6) is 0 Å². The number of carbonyl (C=O) groups is 4. The van der Waals surface area contributed by atoms with Gasteiger partial charge in [-0.3, -0.25) is 19.2 Å². The Morgan fingerprint density at radius 2 is 1.47 bits per heavy atom. The number of hydrogen-bond acceptors (Lipinski definition) is 8. The van der Waals surface area contributed by atoms with Gasteiger partial charge < -0.3 is 18.9 Å². The van der Waals surface area contributed by atoms with Crippen LogP contribution in [0.1, 0.15) is 120 Å². The number of carbonyl (C=O) groups excluding carboxylic acids is 4. The molecule has 43 heavy (non-hydrogen) atoms. The lowest BCUT2D eigenvalue weighted by Gasteiger charge is -2.70. The number of ketones is 1. The average molecular weight is 599 g/mol. The zero-order valence-electron chi connectivity index (χ0n) is 27.3. The highest BCUT2D eigenvalue weighted by Gasteiger charge is 2.89. The molecule has 8 heteroatoms. The minimum atomic E-state index is -0.741. The van der Waals surface area contributed by atoms with E-state index in [1.54, 1.807) is 0 Å². The van der Waals surface area contributed by atoms with E-state index in [9.17, 15) is 19.2 Å². The van der Waals surface area contributed by atoms with Crippen LogP contribution in [0.15, 0.2) is 0 Å². The molecule has 0 amide bonds. The van der Waals surface area contributed by atoms with Crippen molar-refractivity contribution in [3.63, 3.8) is 0 Å². The Kier molecular flexibility index (Phi) is 5.97. The molecular weight excluding hydrogens is 548 g/mol. The fourth-order valence-electron chi connectivity index (χ4n) is 13.5. The second kappa shape index (κ2) is 8.64. The molecule has 0 aromatic rings. The molecule has 0 aromatic heterocycles. The van der Waals surface area contributed by atoms with Crippen molar-refractivity contribution in [3.8, 4) is 0 Å². The molecule has 7 fully saturated rings. The summed E-state index contributed by atoms with van der Waals surface area (Å²) in [5, 5.41) is 0. The lowest BCUT2D eigenvalue weighted by molar-refractivity contribution is -0.290. The van der Waals surface area contributed by atoms with Gasteiger partial charge in [-0.25, -0.2) is 0 Å². The highest BCUT2D eigenvalue weighted by molar-refractivity contribution is 5.86. The smallest absolute Gasteiger partial charge is 0.303 e. The van der Waals surface area contributed by atoms with Crippen molar-refractivity contribution in [1.29, 1.82) is 0 Å². The van der Waals surface area contributed by atoms with Crippen molar-refractivity contribution in [1.82, 2.24) is 0 Å². The summed E-state index contributed by atoms with van der Waals surface area (Å²) in [5.41, 5.74) is -1.69. The Bertz CT molecular complexity index is 1300. The van der Waals surface area contributed by atoms with Crippen molar-refractivity contribution in [2.75, 3.05) is 0 Å². The summed E-state index contributed by atoms with van der Waals surface area (Å²) >= 11 is 0. The van der Waals surface area contributed by atoms with E-state index in [0.717, 1.165) is 57.8 Å². The zero-order valence-corrected chi connectivity index (χ0v) is 27.3. The molecule has 0 bridgehead atoms. The van der Waals surface area contributed by atoms with E-state index < -0.39 is 16.6 Å². The Hall–Kier alpha value is -1.96. The SMILES string of the molecule is CC(=O)O[C@H]1C[C@@]2(C)[C@@H]3C[C@H](OC(C)=O)[C@H]4C(C)(C)C(=O)CC[C@@]45C[C@@]35CC[C@@]23C[C@@]2(CC[C@@H](C(C)(C)OC(C)=O)O2)[C@@H]13. The molecule has 1 aliphatic heterocycles. The van der Waals surface area contributed by atoms with E-state index in [0.29, 0.717) is 18.1 Å². The largest absolute Gasteiger partial charge is 0.462 e. The first-order valence-corrected chi connectivity index (χ1v) is 16.7. The van der Waals surface area contributed by atoms with Gasteiger partial charge in [0.1, 0.15) is 23.6 Å². The van der Waals surface area contributed by atoms with Crippen molar-refractivity contribution in [3.05, 3.63) is 0 Å². The molecule has 0 unspecified atom stereocenters. The summed E-state index contributed by atoms with van der Waals surface area (Å²) < 4.78 is 25.0. The molecule has 238 valence electrons. The molecule has 7 rings (SSSR count). The van der Waals surface area contributed by atoms with Crippen LogP contribution in [0, 0.1) is 44.8 Å². The Morgan fingerprint density at radius 1 is 0.814 bits per heavy atom. The van der Waals surface area contributed by atoms with E-state index in [1.807, 2.05) is 13.8 Å². The maximum Gasteiger partial charge on any atom is 0.303 e. The van der Waals surface area contributed by atoms with Crippen molar-refractivity contribution >= 4 is 23.7 Å². The van der Waals surface area contributed by atoms with Crippen LogP contribution in [-0.2, 0) is 38.1 Å². The van der Waals surface area contributed by atoms with Gasteiger partial charge in [0.05, 0.1) is 11.7 Å². The third-order valence-corrected chi connectivity index (χ3v) is 14.6. The van der Waals surface area contributed by atoms with Gasteiger partial charge in [-0.05, 0) is 99.2 Å². The summed E-state index contributed by atoms with van der Waals surface area (Å²) in [6.45, 7) is 14.9. The standard InChI is InChI=1S/C35H50O8/c1-19(36)40-22-15-24-31(8)16-23(41-20(2)37)28-33(31,18-35(28)12-10-26(43-35)30(6,7)42-21(3)38)14-13-32(24)17-34(32)11-9-25(39)29(4,5)27(22)34/h22-24,26-28H,9-18H2,1-8H3/t22-,23-,24-,26-,27-,28-,31-,32-,33-,34+,35-/m0/s1. The van der Waals surface area contributed by atoms with E-state index in [1.165, 1.54) is 20.8 Å². The van der Waals surface area contributed by atoms with E-state index in [2.05, 4.69) is 20.8 Å². The van der Waals surface area contributed by atoms with Gasteiger partial charge in [-0.15, -0.1) is 0 Å². The maximum atomic E-state index is 13.3. The van der Waals surface area contributed by atoms with E-state index in [4.69, 9.17) is 18.9 Å². The predicted octanol–water partition coefficient (Wildman–Crippen LogP) is 5.72. The number of rotatable bonds is 4. The van der Waals surface area contributed by atoms with Crippen molar-refractivity contribution < 1.29 is 38.1 Å². The normalized spacial score (nSPS) is 50.3. The first-order chi connectivity index (χ1) is 19.9. The summed E-state index contributed by atoms with van der Waals surface area (Å²) in [5.74, 6) is -0.125. The second-order valence-corrected chi connectivity index (χ2v) is 17.0. The van der Waals surface area contributed by atoms with Gasteiger partial charge in [0, 0.05) is 44.4 Å². The molecule has 6 saturated carbocycles. The molecule has 0 radical (unpaired) electrons. The first kappa shape index (κ1) is 29.7. The third-order valence-electron chi connectivity index (χ3n) is 14.6. The molecule has 6 aliphatic carbocycles. The molecular formula is C35H50O8. The van der Waals surface area contributed by atoms with Crippen LogP contribution in [0.4, 0.5) is 0 Å². The van der Waals surface area contributed by atoms with Crippen LogP contribution < -0.4 is 0 Å². The molecule has 4 spiro atoms. The lowest BCUT2D eigenvalue weighted by Crippen LogP contribution is -2.70. The summed E-state index contributed by atoms with van der Waals surface area (Å²) in [6.07, 6.45) is 8.10. The number of esters is 3. The molecule has 11 atom stereocenters. The Balaban J connectivity index is 1.26. The first-order valence-electron chi connectivity index (χ1n) is 16.7. The fourth-order valence-corrected chi connectivity index (χ4v) is 13.5. The second-order valence-electron chi connectivity index (χ2n) is 17.0. The van der Waals surface area contributed by atoms with Crippen LogP contribution in [0.25, 0.3) is 0 Å². The molecule has 0 N–H and O–H groups in total. The van der Waals surface area contributed by atoms with Gasteiger partial charge in [0.15, 0.2) is 0 Å². The van der Waals surface area contributed by atoms with Crippen LogP contribution in [0.2, 0.25) is 0 Å². The Labute approximate surface area is 255 Å². The van der Waals surface area contributed by atoms with Gasteiger partial charge in [0.25, 0.3) is 0 Å². The van der Waals surface area contributed by atoms with Crippen molar-refractivity contribution in [2.24, 2.45) is 44.8 Å². The van der Waals surface area contributed by atoms with E-state index in [-0.39, 0.29) is 69.7 Å². The molecule has 1 heterocycles. The maximum absolute atomic E-state index is 13.3. The number of fused-ring (bicyclic) bond motifs is 2. The molecule has 0 aromatic carbocycles. The third kappa shape index (κ3) is 3.53. The Morgan fingerprint density at radius 3 is 2.12 bits per heavy atom. The average Bonchev–Trinajstić information content (AvgIpc) is 3.15. The quantitative estimate of drug-likeness (QED) is 0.299. The van der Waals surface area contributed by atoms with E-state index >= 15 is 0 Å². The van der Waals surface area contributed by atoms with Gasteiger partial charge >= 0.3 is 17.9 Å². The van der Waals surface area contributed by atoms with Crippen LogP contribution in [-0.4, -0.2) is 53.2 Å². The number of ether oxygens (including phenoxy) is 4. The summed E-state index contributed by atoms with van der Waals surface area (Å²) in [6, 6.07) is 0. The topological polar surface area (TPSA) is 105 Å². The predicted molar refractivity (Wildman–Crippen MR) is 155 cm³/mol. The molecule has 1 saturated heterocycles.